The summed E-state index contributed by atoms with van der Waals surface area (Å²) in [5.41, 5.74) is 0. The van der Waals surface area contributed by atoms with Crippen LogP contribution in [0, 0.1) is 5.92 Å². The molecule has 0 spiro atoms. The van der Waals surface area contributed by atoms with Crippen molar-refractivity contribution >= 4 is 23.6 Å². The van der Waals surface area contributed by atoms with E-state index in [9.17, 15) is 19.8 Å². The van der Waals surface area contributed by atoms with Crippen molar-refractivity contribution in [2.24, 2.45) is 5.92 Å². The van der Waals surface area contributed by atoms with Gasteiger partial charge in [0.1, 0.15) is 6.04 Å². The fraction of sp³-hybridized carbons (Fsp3) is 0.857. The molecule has 0 aromatic carbocycles. The molecule has 2 aliphatic rings. The summed E-state index contributed by atoms with van der Waals surface area (Å²) in [6.07, 6.45) is 3.00. The Labute approximate surface area is 123 Å². The first-order valence-electron chi connectivity index (χ1n) is 7.22. The molecular weight excluding hydrogens is 278 g/mol. The number of β-lactam (4-membered cyclic amide) rings is 1. The number of carboxylic acid groups (broad SMARTS) is 1. The van der Waals surface area contributed by atoms with Crippen molar-refractivity contribution in [2.75, 3.05) is 0 Å². The molecule has 20 heavy (non-hydrogen) atoms. The van der Waals surface area contributed by atoms with E-state index in [2.05, 4.69) is 6.92 Å². The maximum Gasteiger partial charge on any atom is 0.327 e. The molecule has 2 aliphatic heterocycles. The van der Waals surface area contributed by atoms with E-state index in [1.54, 1.807) is 0 Å². The summed E-state index contributed by atoms with van der Waals surface area (Å²) < 4.78 is -0.510. The predicted molar refractivity (Wildman–Crippen MR) is 77.4 cm³/mol. The van der Waals surface area contributed by atoms with Crippen molar-refractivity contribution in [1.29, 1.82) is 0 Å². The van der Waals surface area contributed by atoms with Crippen molar-refractivity contribution in [3.8, 4) is 0 Å². The highest BCUT2D eigenvalue weighted by molar-refractivity contribution is 8.01. The number of aliphatic carboxylic acids is 1. The van der Waals surface area contributed by atoms with Crippen LogP contribution in [0.25, 0.3) is 0 Å². The summed E-state index contributed by atoms with van der Waals surface area (Å²) in [7, 11) is 0. The van der Waals surface area contributed by atoms with Gasteiger partial charge in [0.25, 0.3) is 0 Å². The Hall–Kier alpha value is -0.750. The van der Waals surface area contributed by atoms with Gasteiger partial charge in [0, 0.05) is 4.75 Å². The van der Waals surface area contributed by atoms with E-state index in [0.29, 0.717) is 6.42 Å². The van der Waals surface area contributed by atoms with Gasteiger partial charge in [-0.3, -0.25) is 4.79 Å². The lowest BCUT2D eigenvalue weighted by Crippen LogP contribution is -2.65. The van der Waals surface area contributed by atoms with E-state index in [0.717, 1.165) is 19.3 Å². The zero-order chi connectivity index (χ0) is 15.1. The largest absolute Gasteiger partial charge is 0.480 e. The number of fused-ring (bicyclic) bond motifs is 1. The minimum absolute atomic E-state index is 0.185. The normalized spacial score (nSPS) is 32.7. The molecule has 5 nitrogen and oxygen atoms in total. The molecule has 2 saturated heterocycles. The van der Waals surface area contributed by atoms with Crippen molar-refractivity contribution in [3.63, 3.8) is 0 Å². The van der Waals surface area contributed by atoms with Gasteiger partial charge in [-0.25, -0.2) is 4.79 Å². The zero-order valence-electron chi connectivity index (χ0n) is 12.2. The number of nitrogens with zero attached hydrogens (tertiary/aromatic N) is 1. The average molecular weight is 301 g/mol. The highest BCUT2D eigenvalue weighted by atomic mass is 32.2. The number of carbonyl (C=O) groups excluding carboxylic acids is 1. The van der Waals surface area contributed by atoms with Gasteiger partial charge >= 0.3 is 5.97 Å². The molecule has 0 radical (unpaired) electrons. The molecule has 2 fully saturated rings. The van der Waals surface area contributed by atoms with Crippen molar-refractivity contribution < 1.29 is 19.8 Å². The Kier molecular flexibility index (Phi) is 4.35. The van der Waals surface area contributed by atoms with E-state index in [-0.39, 0.29) is 11.3 Å². The number of rotatable bonds is 6. The lowest BCUT2D eigenvalue weighted by atomic mass is 9.86. The van der Waals surface area contributed by atoms with Gasteiger partial charge in [-0.1, -0.05) is 26.2 Å². The molecular formula is C14H23NO4S. The van der Waals surface area contributed by atoms with Crippen LogP contribution in [0.15, 0.2) is 0 Å². The fourth-order valence-corrected chi connectivity index (χ4v) is 4.93. The maximum absolute atomic E-state index is 12.2. The highest BCUT2D eigenvalue weighted by Gasteiger charge is 2.64. The van der Waals surface area contributed by atoms with Crippen LogP contribution < -0.4 is 0 Å². The van der Waals surface area contributed by atoms with Crippen LogP contribution in [-0.2, 0) is 9.59 Å². The summed E-state index contributed by atoms with van der Waals surface area (Å²) in [5.74, 6) is -1.60. The third kappa shape index (κ3) is 2.44. The van der Waals surface area contributed by atoms with Crippen molar-refractivity contribution in [1.82, 2.24) is 4.90 Å². The molecule has 1 amide bonds. The molecule has 0 bridgehead atoms. The second-order valence-corrected chi connectivity index (χ2v) is 7.96. The van der Waals surface area contributed by atoms with Gasteiger partial charge in [0.15, 0.2) is 0 Å². The number of thioether (sulfide) groups is 1. The minimum atomic E-state index is -0.961. The van der Waals surface area contributed by atoms with Gasteiger partial charge < -0.3 is 15.1 Å². The zero-order valence-corrected chi connectivity index (χ0v) is 13.0. The summed E-state index contributed by atoms with van der Waals surface area (Å²) in [4.78, 5) is 25.0. The Morgan fingerprint density at radius 2 is 2.10 bits per heavy atom. The Balaban J connectivity index is 2.05. The number of hydrogen-bond donors (Lipinski definition) is 2. The second kappa shape index (κ2) is 5.56. The van der Waals surface area contributed by atoms with E-state index in [1.807, 2.05) is 13.8 Å². The first kappa shape index (κ1) is 15.6. The molecule has 6 heteroatoms. The molecule has 2 heterocycles. The Bertz CT molecular complexity index is 412. The second-order valence-electron chi connectivity index (χ2n) is 6.19. The van der Waals surface area contributed by atoms with E-state index in [4.69, 9.17) is 0 Å². The highest BCUT2D eigenvalue weighted by Crippen LogP contribution is 2.54. The first-order chi connectivity index (χ1) is 9.31. The van der Waals surface area contributed by atoms with Crippen LogP contribution in [0.2, 0.25) is 0 Å². The smallest absolute Gasteiger partial charge is 0.327 e. The molecule has 2 rings (SSSR count). The van der Waals surface area contributed by atoms with Gasteiger partial charge in [0.05, 0.1) is 17.4 Å². The number of unbranched alkanes of at least 4 members (excludes halogenated alkanes) is 2. The fourth-order valence-electron chi connectivity index (χ4n) is 3.18. The summed E-state index contributed by atoms with van der Waals surface area (Å²) in [6, 6.07) is -0.788. The molecule has 0 saturated carbocycles. The third-order valence-corrected chi connectivity index (χ3v) is 5.83. The van der Waals surface area contributed by atoms with Gasteiger partial charge in [0.2, 0.25) is 5.91 Å². The monoisotopic (exact) mass is 301 g/mol. The molecule has 0 aromatic heterocycles. The van der Waals surface area contributed by atoms with Gasteiger partial charge in [-0.15, -0.1) is 11.8 Å². The summed E-state index contributed by atoms with van der Waals surface area (Å²) in [6.45, 7) is 5.79. The molecule has 114 valence electrons. The first-order valence-corrected chi connectivity index (χ1v) is 8.10. The van der Waals surface area contributed by atoms with Crippen molar-refractivity contribution in [2.45, 2.75) is 68.7 Å². The topological polar surface area (TPSA) is 77.8 Å². The van der Waals surface area contributed by atoms with Gasteiger partial charge in [-0.2, -0.15) is 0 Å². The number of aliphatic hydroxyl groups is 1. The Morgan fingerprint density at radius 3 is 2.65 bits per heavy atom. The van der Waals surface area contributed by atoms with E-state index < -0.39 is 28.8 Å². The standard InChI is InChI=1S/C14H23NO4S/c1-4-5-6-7-8(16)9-11(17)15-10(13(18)19)14(2,3)20-12(9)15/h8-10,12,16H,4-7H2,1-3H3,(H,18,19)/t8?,9?,10-,12+/m0/s1. The number of carbonyl (C=O) groups is 2. The van der Waals surface area contributed by atoms with Crippen LogP contribution >= 0.6 is 11.8 Å². The quantitative estimate of drug-likeness (QED) is 0.576. The molecule has 0 aliphatic carbocycles. The number of aliphatic hydroxyl groups excluding tert-OH is 1. The molecule has 2 N–H and O–H groups in total. The molecule has 2 unspecified atom stereocenters. The van der Waals surface area contributed by atoms with Crippen LogP contribution in [0.5, 0.6) is 0 Å². The molecule has 0 aromatic rings. The third-order valence-electron chi connectivity index (χ3n) is 4.23. The SMILES string of the molecule is CCCCCC(O)C1C(=O)N2[C@@H]1SC(C)(C)[C@@H]2C(=O)O. The molecule has 4 atom stereocenters. The van der Waals surface area contributed by atoms with Crippen LogP contribution in [0.1, 0.15) is 46.5 Å². The van der Waals surface area contributed by atoms with Crippen LogP contribution in [-0.4, -0.2) is 49.3 Å². The maximum atomic E-state index is 12.2. The van der Waals surface area contributed by atoms with E-state index >= 15 is 0 Å². The lowest BCUT2D eigenvalue weighted by Gasteiger charge is -2.45. The average Bonchev–Trinajstić information content (AvgIpc) is 2.58. The van der Waals surface area contributed by atoms with Crippen LogP contribution in [0.4, 0.5) is 0 Å². The van der Waals surface area contributed by atoms with Gasteiger partial charge in [-0.05, 0) is 20.3 Å². The number of carboxylic acids is 1. The minimum Gasteiger partial charge on any atom is -0.480 e. The number of hydrogen-bond acceptors (Lipinski definition) is 4. The predicted octanol–water partition coefficient (Wildman–Crippen LogP) is 1.69. The summed E-state index contributed by atoms with van der Waals surface area (Å²) in [5, 5.41) is 19.3. The van der Waals surface area contributed by atoms with E-state index in [1.165, 1.54) is 16.7 Å². The van der Waals surface area contributed by atoms with Crippen molar-refractivity contribution in [3.05, 3.63) is 0 Å². The summed E-state index contributed by atoms with van der Waals surface area (Å²) >= 11 is 1.50. The lowest BCUT2D eigenvalue weighted by molar-refractivity contribution is -0.169. The van der Waals surface area contributed by atoms with Crippen LogP contribution in [0.3, 0.4) is 0 Å². The Morgan fingerprint density at radius 1 is 1.45 bits per heavy atom. The number of amides is 1.